The van der Waals surface area contributed by atoms with Crippen molar-refractivity contribution < 1.29 is 9.90 Å². The molecule has 0 radical (unpaired) electrons. The van der Waals surface area contributed by atoms with Gasteiger partial charge in [-0.15, -0.1) is 5.10 Å². The Kier molecular flexibility index (Phi) is 3.26. The monoisotopic (exact) mass is 264 g/mol. The molecule has 3 rings (SSSR count). The van der Waals surface area contributed by atoms with Gasteiger partial charge >= 0.3 is 5.97 Å². The van der Waals surface area contributed by atoms with Gasteiger partial charge in [-0.1, -0.05) is 25.0 Å². The highest BCUT2D eigenvalue weighted by molar-refractivity contribution is 5.84. The molecule has 2 aliphatic rings. The Balaban J connectivity index is 1.58. The molecule has 1 aliphatic carbocycles. The molecule has 1 saturated heterocycles. The zero-order chi connectivity index (χ0) is 13.4. The average Bonchev–Trinajstić information content (AvgIpc) is 2.95. The number of likely N-dealkylation sites (tertiary alicyclic amines) is 1. The van der Waals surface area contributed by atoms with Crippen LogP contribution in [0.15, 0.2) is 6.20 Å². The van der Waals surface area contributed by atoms with Crippen LogP contribution in [-0.2, 0) is 0 Å². The zero-order valence-corrected chi connectivity index (χ0v) is 11.2. The van der Waals surface area contributed by atoms with Gasteiger partial charge in [-0.05, 0) is 18.8 Å². The Bertz CT molecular complexity index is 467. The number of hydrogen-bond donors (Lipinski definition) is 1. The van der Waals surface area contributed by atoms with Gasteiger partial charge in [0.25, 0.3) is 0 Å². The van der Waals surface area contributed by atoms with E-state index in [0.717, 1.165) is 25.0 Å². The average molecular weight is 264 g/mol. The first-order valence-corrected chi connectivity index (χ1v) is 7.08. The molecule has 6 nitrogen and oxygen atoms in total. The predicted molar refractivity (Wildman–Crippen MR) is 69.0 cm³/mol. The molecule has 2 atom stereocenters. The van der Waals surface area contributed by atoms with Crippen LogP contribution in [0.4, 0.5) is 0 Å². The van der Waals surface area contributed by atoms with Crippen LogP contribution >= 0.6 is 0 Å². The summed E-state index contributed by atoms with van der Waals surface area (Å²) in [6.07, 6.45) is 6.81. The second kappa shape index (κ2) is 4.92. The summed E-state index contributed by atoms with van der Waals surface area (Å²) in [5, 5.41) is 16.4. The summed E-state index contributed by atoms with van der Waals surface area (Å²) in [6.45, 7) is 4.23. The maximum atomic E-state index is 10.8. The lowest BCUT2D eigenvalue weighted by Gasteiger charge is -2.44. The maximum absolute atomic E-state index is 10.8. The van der Waals surface area contributed by atoms with E-state index in [0.29, 0.717) is 6.04 Å². The van der Waals surface area contributed by atoms with Crippen molar-refractivity contribution >= 4 is 5.97 Å². The van der Waals surface area contributed by atoms with Crippen LogP contribution in [0, 0.1) is 5.92 Å². The molecule has 0 spiro atoms. The number of carboxylic acids is 1. The lowest BCUT2D eigenvalue weighted by atomic mass is 9.95. The summed E-state index contributed by atoms with van der Waals surface area (Å²) >= 11 is 0. The largest absolute Gasteiger partial charge is 0.476 e. The second-order valence-corrected chi connectivity index (χ2v) is 5.66. The Labute approximate surface area is 112 Å². The molecule has 2 fully saturated rings. The summed E-state index contributed by atoms with van der Waals surface area (Å²) in [6, 6.07) is 1.02. The van der Waals surface area contributed by atoms with E-state index in [1.807, 2.05) is 0 Å². The van der Waals surface area contributed by atoms with E-state index in [1.165, 1.54) is 31.9 Å². The van der Waals surface area contributed by atoms with Gasteiger partial charge in [-0.25, -0.2) is 9.48 Å². The summed E-state index contributed by atoms with van der Waals surface area (Å²) in [7, 11) is 0. The molecule has 0 amide bonds. The van der Waals surface area contributed by atoms with Gasteiger partial charge in [-0.2, -0.15) is 0 Å². The normalized spacial score (nSPS) is 28.5. The quantitative estimate of drug-likeness (QED) is 0.890. The predicted octanol–water partition coefficient (Wildman–Crippen LogP) is 1.41. The van der Waals surface area contributed by atoms with Crippen LogP contribution in [-0.4, -0.2) is 50.1 Å². The lowest BCUT2D eigenvalue weighted by molar-refractivity contribution is 0.0341. The molecular weight excluding hydrogens is 244 g/mol. The third kappa shape index (κ3) is 2.25. The highest BCUT2D eigenvalue weighted by atomic mass is 16.4. The molecule has 0 aromatic carbocycles. The Hall–Kier alpha value is -1.43. The van der Waals surface area contributed by atoms with Crippen molar-refractivity contribution in [1.82, 2.24) is 19.9 Å². The number of carboxylic acid groups (broad SMARTS) is 1. The molecule has 19 heavy (non-hydrogen) atoms. The van der Waals surface area contributed by atoms with Crippen LogP contribution < -0.4 is 0 Å². The fourth-order valence-corrected chi connectivity index (χ4v) is 3.45. The Morgan fingerprint density at radius 2 is 2.26 bits per heavy atom. The van der Waals surface area contributed by atoms with Gasteiger partial charge in [0.1, 0.15) is 0 Å². The van der Waals surface area contributed by atoms with E-state index in [2.05, 4.69) is 22.1 Å². The van der Waals surface area contributed by atoms with Gasteiger partial charge in [0, 0.05) is 19.1 Å². The highest BCUT2D eigenvalue weighted by Crippen LogP contribution is 2.36. The summed E-state index contributed by atoms with van der Waals surface area (Å²) in [5.41, 5.74) is 0.0331. The van der Waals surface area contributed by atoms with Crippen LogP contribution in [0.3, 0.4) is 0 Å². The molecule has 1 aromatic rings. The molecule has 1 aliphatic heterocycles. The highest BCUT2D eigenvalue weighted by Gasteiger charge is 2.39. The fraction of sp³-hybridized carbons (Fsp3) is 0.769. The van der Waals surface area contributed by atoms with Crippen molar-refractivity contribution in [1.29, 1.82) is 0 Å². The SMILES string of the molecule is CCC1CCCC1N1CC(n2cc(C(=O)O)nn2)C1. The number of aromatic carboxylic acids is 1. The number of aromatic nitrogens is 3. The topological polar surface area (TPSA) is 71.2 Å². The van der Waals surface area contributed by atoms with E-state index in [9.17, 15) is 4.79 Å². The first-order valence-electron chi connectivity index (χ1n) is 7.08. The van der Waals surface area contributed by atoms with Crippen LogP contribution in [0.2, 0.25) is 0 Å². The second-order valence-electron chi connectivity index (χ2n) is 5.66. The third-order valence-corrected chi connectivity index (χ3v) is 4.61. The van der Waals surface area contributed by atoms with Gasteiger partial charge in [0.05, 0.1) is 12.2 Å². The van der Waals surface area contributed by atoms with E-state index in [-0.39, 0.29) is 5.69 Å². The first-order chi connectivity index (χ1) is 9.19. The molecule has 1 saturated carbocycles. The van der Waals surface area contributed by atoms with Gasteiger partial charge in [0.15, 0.2) is 5.69 Å². The van der Waals surface area contributed by atoms with Crippen molar-refractivity contribution in [2.45, 2.75) is 44.7 Å². The molecule has 6 heteroatoms. The van der Waals surface area contributed by atoms with Crippen LogP contribution in [0.1, 0.15) is 49.1 Å². The minimum Gasteiger partial charge on any atom is -0.476 e. The standard InChI is InChI=1S/C13H20N4O2/c1-2-9-4-3-5-12(9)16-6-10(7-16)17-8-11(13(18)19)14-15-17/h8-10,12H,2-7H2,1H3,(H,18,19). The van der Waals surface area contributed by atoms with Crippen molar-refractivity contribution in [3.63, 3.8) is 0 Å². The summed E-state index contributed by atoms with van der Waals surface area (Å²) in [5.74, 6) is -0.171. The smallest absolute Gasteiger partial charge is 0.358 e. The van der Waals surface area contributed by atoms with Crippen molar-refractivity contribution in [3.8, 4) is 0 Å². The molecular formula is C13H20N4O2. The van der Waals surface area contributed by atoms with E-state index in [4.69, 9.17) is 5.11 Å². The third-order valence-electron chi connectivity index (χ3n) is 4.61. The molecule has 2 unspecified atom stereocenters. The number of nitrogens with zero attached hydrogens (tertiary/aromatic N) is 4. The fourth-order valence-electron chi connectivity index (χ4n) is 3.45. The summed E-state index contributed by atoms with van der Waals surface area (Å²) < 4.78 is 1.70. The minimum atomic E-state index is -1.01. The molecule has 2 heterocycles. The van der Waals surface area contributed by atoms with Gasteiger partial charge in [-0.3, -0.25) is 4.90 Å². The zero-order valence-electron chi connectivity index (χ0n) is 11.2. The van der Waals surface area contributed by atoms with E-state index in [1.54, 1.807) is 4.68 Å². The van der Waals surface area contributed by atoms with Gasteiger partial charge < -0.3 is 5.11 Å². The molecule has 104 valence electrons. The van der Waals surface area contributed by atoms with Crippen LogP contribution in [0.25, 0.3) is 0 Å². The van der Waals surface area contributed by atoms with Crippen molar-refractivity contribution in [2.75, 3.05) is 13.1 Å². The van der Waals surface area contributed by atoms with E-state index >= 15 is 0 Å². The Morgan fingerprint density at radius 1 is 1.47 bits per heavy atom. The molecule has 1 N–H and O–H groups in total. The Morgan fingerprint density at radius 3 is 2.89 bits per heavy atom. The van der Waals surface area contributed by atoms with E-state index < -0.39 is 5.97 Å². The maximum Gasteiger partial charge on any atom is 0.358 e. The number of hydrogen-bond acceptors (Lipinski definition) is 4. The number of rotatable bonds is 4. The molecule has 1 aromatic heterocycles. The number of carbonyl (C=O) groups is 1. The van der Waals surface area contributed by atoms with Crippen molar-refractivity contribution in [2.24, 2.45) is 5.92 Å². The van der Waals surface area contributed by atoms with Crippen LogP contribution in [0.5, 0.6) is 0 Å². The molecule has 0 bridgehead atoms. The van der Waals surface area contributed by atoms with Crippen molar-refractivity contribution in [3.05, 3.63) is 11.9 Å². The minimum absolute atomic E-state index is 0.0331. The van der Waals surface area contributed by atoms with Gasteiger partial charge in [0.2, 0.25) is 0 Å². The first kappa shape index (κ1) is 12.6. The summed E-state index contributed by atoms with van der Waals surface area (Å²) in [4.78, 5) is 13.3. The lowest BCUT2D eigenvalue weighted by Crippen LogP contribution is -2.53.